The number of alkyl halides is 2. The summed E-state index contributed by atoms with van der Waals surface area (Å²) in [7, 11) is 0. The van der Waals surface area contributed by atoms with Crippen LogP contribution in [0, 0.1) is 5.92 Å². The maximum absolute atomic E-state index is 12.4. The van der Waals surface area contributed by atoms with Gasteiger partial charge in [-0.15, -0.1) is 0 Å². The third kappa shape index (κ3) is 2.09. The van der Waals surface area contributed by atoms with Crippen molar-refractivity contribution in [3.8, 4) is 0 Å². The molecule has 1 atom stereocenters. The monoisotopic (exact) mass is 168 g/mol. The smallest absolute Gasteiger partial charge is 0.248 e. The molecule has 0 aromatic rings. The molecule has 0 aromatic heterocycles. The Morgan fingerprint density at radius 1 is 1.60 bits per heavy atom. The van der Waals surface area contributed by atoms with Gasteiger partial charge in [-0.25, -0.2) is 8.78 Å². The minimum atomic E-state index is -2.45. The standard InChI is InChI=1S/C6H10F2OS/c7-6(8)2-1-5(3-6)4-9-10/h5,10H,1-4H2. The van der Waals surface area contributed by atoms with Crippen LogP contribution in [0.1, 0.15) is 19.3 Å². The van der Waals surface area contributed by atoms with Crippen LogP contribution in [0.3, 0.4) is 0 Å². The Bertz CT molecular complexity index is 118. The van der Waals surface area contributed by atoms with E-state index >= 15 is 0 Å². The van der Waals surface area contributed by atoms with Gasteiger partial charge in [-0.05, 0) is 25.2 Å². The highest BCUT2D eigenvalue weighted by Gasteiger charge is 2.39. The molecule has 0 spiro atoms. The van der Waals surface area contributed by atoms with Crippen molar-refractivity contribution in [3.05, 3.63) is 0 Å². The summed E-state index contributed by atoms with van der Waals surface area (Å²) in [6, 6.07) is 0. The molecule has 0 aromatic carbocycles. The molecule has 1 fully saturated rings. The summed E-state index contributed by atoms with van der Waals surface area (Å²) in [5.74, 6) is -2.44. The lowest BCUT2D eigenvalue weighted by atomic mass is 10.1. The summed E-state index contributed by atoms with van der Waals surface area (Å²) in [5, 5.41) is 0. The second-order valence-electron chi connectivity index (χ2n) is 2.76. The van der Waals surface area contributed by atoms with Crippen molar-refractivity contribution >= 4 is 12.9 Å². The molecule has 4 heteroatoms. The summed E-state index contributed by atoms with van der Waals surface area (Å²) >= 11 is 3.51. The van der Waals surface area contributed by atoms with Crippen LogP contribution in [0.25, 0.3) is 0 Å². The van der Waals surface area contributed by atoms with Gasteiger partial charge in [0.25, 0.3) is 0 Å². The van der Waals surface area contributed by atoms with Gasteiger partial charge in [-0.3, -0.25) is 0 Å². The molecule has 0 aliphatic heterocycles. The Kier molecular flexibility index (Phi) is 2.52. The lowest BCUT2D eigenvalue weighted by Gasteiger charge is -2.07. The lowest BCUT2D eigenvalue weighted by Crippen LogP contribution is -2.11. The predicted molar refractivity (Wildman–Crippen MR) is 37.2 cm³/mol. The average Bonchev–Trinajstić information content (AvgIpc) is 2.12. The summed E-state index contributed by atoms with van der Waals surface area (Å²) in [6.07, 6.45) is 0.538. The normalized spacial score (nSPS) is 30.9. The first-order chi connectivity index (χ1) is 4.64. The molecular formula is C6H10F2OS. The van der Waals surface area contributed by atoms with Crippen LogP contribution in [-0.2, 0) is 4.18 Å². The van der Waals surface area contributed by atoms with Crippen molar-refractivity contribution in [1.29, 1.82) is 0 Å². The van der Waals surface area contributed by atoms with Crippen molar-refractivity contribution in [3.63, 3.8) is 0 Å². The van der Waals surface area contributed by atoms with Gasteiger partial charge in [-0.2, -0.15) is 0 Å². The summed E-state index contributed by atoms with van der Waals surface area (Å²) in [5.41, 5.74) is 0. The van der Waals surface area contributed by atoms with E-state index in [4.69, 9.17) is 0 Å². The first-order valence-electron chi connectivity index (χ1n) is 3.28. The maximum atomic E-state index is 12.4. The Balaban J connectivity index is 2.29. The van der Waals surface area contributed by atoms with Gasteiger partial charge in [-0.1, -0.05) is 0 Å². The molecule has 1 nitrogen and oxygen atoms in total. The number of halogens is 2. The fourth-order valence-electron chi connectivity index (χ4n) is 1.29. The molecule has 1 unspecified atom stereocenters. The fraction of sp³-hybridized carbons (Fsp3) is 1.00. The van der Waals surface area contributed by atoms with Crippen LogP contribution in [0.4, 0.5) is 8.78 Å². The van der Waals surface area contributed by atoms with Crippen LogP contribution in [0.15, 0.2) is 0 Å². The molecule has 1 aliphatic rings. The highest BCUT2D eigenvalue weighted by molar-refractivity contribution is 7.75. The van der Waals surface area contributed by atoms with E-state index in [0.29, 0.717) is 13.0 Å². The molecule has 10 heavy (non-hydrogen) atoms. The van der Waals surface area contributed by atoms with Gasteiger partial charge in [0.15, 0.2) is 0 Å². The average molecular weight is 168 g/mol. The first-order valence-corrected chi connectivity index (χ1v) is 3.65. The van der Waals surface area contributed by atoms with Gasteiger partial charge in [0.05, 0.1) is 6.61 Å². The van der Waals surface area contributed by atoms with Crippen molar-refractivity contribution < 1.29 is 13.0 Å². The second-order valence-corrected chi connectivity index (χ2v) is 3.02. The second kappa shape index (κ2) is 3.05. The number of hydrogen-bond acceptors (Lipinski definition) is 2. The van der Waals surface area contributed by atoms with Crippen LogP contribution in [0.5, 0.6) is 0 Å². The van der Waals surface area contributed by atoms with Crippen LogP contribution in [-0.4, -0.2) is 12.5 Å². The highest BCUT2D eigenvalue weighted by Crippen LogP contribution is 2.38. The Morgan fingerprint density at radius 2 is 2.30 bits per heavy atom. The van der Waals surface area contributed by atoms with Crippen molar-refractivity contribution in [1.82, 2.24) is 0 Å². The summed E-state index contributed by atoms with van der Waals surface area (Å²) in [4.78, 5) is 0. The van der Waals surface area contributed by atoms with E-state index in [9.17, 15) is 8.78 Å². The summed E-state index contributed by atoms with van der Waals surface area (Å²) < 4.78 is 29.4. The lowest BCUT2D eigenvalue weighted by molar-refractivity contribution is 0.00334. The zero-order valence-electron chi connectivity index (χ0n) is 5.52. The molecule has 1 saturated carbocycles. The number of hydrogen-bond donors (Lipinski definition) is 1. The minimum Gasteiger partial charge on any atom is -0.318 e. The molecule has 0 amide bonds. The third-order valence-electron chi connectivity index (χ3n) is 1.82. The Hall–Kier alpha value is 0.170. The SMILES string of the molecule is FC1(F)CCC(COS)C1. The third-order valence-corrected chi connectivity index (χ3v) is 1.96. The molecule has 0 radical (unpaired) electrons. The molecule has 0 bridgehead atoms. The van der Waals surface area contributed by atoms with Crippen LogP contribution in [0.2, 0.25) is 0 Å². The zero-order chi connectivity index (χ0) is 7.61. The van der Waals surface area contributed by atoms with Crippen LogP contribution >= 0.6 is 12.9 Å². The van der Waals surface area contributed by atoms with Crippen molar-refractivity contribution in [2.75, 3.05) is 6.61 Å². The Morgan fingerprint density at radius 3 is 2.70 bits per heavy atom. The van der Waals surface area contributed by atoms with E-state index in [1.807, 2.05) is 0 Å². The van der Waals surface area contributed by atoms with E-state index < -0.39 is 5.92 Å². The zero-order valence-corrected chi connectivity index (χ0v) is 6.41. The van der Waals surface area contributed by atoms with Gasteiger partial charge in [0, 0.05) is 12.8 Å². The summed E-state index contributed by atoms with van der Waals surface area (Å²) in [6.45, 7) is 0.346. The van der Waals surface area contributed by atoms with Gasteiger partial charge in [0.2, 0.25) is 5.92 Å². The molecule has 0 N–H and O–H groups in total. The molecule has 60 valence electrons. The van der Waals surface area contributed by atoms with Gasteiger partial charge in [0.1, 0.15) is 0 Å². The van der Waals surface area contributed by atoms with Crippen molar-refractivity contribution in [2.45, 2.75) is 25.2 Å². The topological polar surface area (TPSA) is 9.23 Å². The van der Waals surface area contributed by atoms with Gasteiger partial charge >= 0.3 is 0 Å². The largest absolute Gasteiger partial charge is 0.318 e. The van der Waals surface area contributed by atoms with Crippen molar-refractivity contribution in [2.24, 2.45) is 5.92 Å². The Labute approximate surface area is 64.4 Å². The van der Waals surface area contributed by atoms with E-state index in [-0.39, 0.29) is 18.8 Å². The molecule has 1 aliphatic carbocycles. The fourth-order valence-corrected chi connectivity index (χ4v) is 1.50. The minimum absolute atomic E-state index is 0.00694. The first kappa shape index (κ1) is 8.27. The quantitative estimate of drug-likeness (QED) is 0.491. The van der Waals surface area contributed by atoms with E-state index in [2.05, 4.69) is 17.1 Å². The molecular weight excluding hydrogens is 158 g/mol. The van der Waals surface area contributed by atoms with E-state index in [1.165, 1.54) is 0 Å². The number of thiol groups is 1. The maximum Gasteiger partial charge on any atom is 0.248 e. The molecule has 1 rings (SSSR count). The number of rotatable bonds is 2. The van der Waals surface area contributed by atoms with E-state index in [0.717, 1.165) is 0 Å². The van der Waals surface area contributed by atoms with E-state index in [1.54, 1.807) is 0 Å². The molecule has 0 heterocycles. The molecule has 0 saturated heterocycles. The predicted octanol–water partition coefficient (Wildman–Crippen LogP) is 2.28. The van der Waals surface area contributed by atoms with Gasteiger partial charge < -0.3 is 4.18 Å². The van der Waals surface area contributed by atoms with Crippen LogP contribution < -0.4 is 0 Å². The highest BCUT2D eigenvalue weighted by atomic mass is 32.1.